The van der Waals surface area contributed by atoms with Crippen molar-refractivity contribution < 1.29 is 0 Å². The summed E-state index contributed by atoms with van der Waals surface area (Å²) in [5.74, 6) is 0. The highest BCUT2D eigenvalue weighted by molar-refractivity contribution is 8.03. The molecule has 0 aliphatic heterocycles. The molecule has 1 nitrogen and oxygen atoms in total. The van der Waals surface area contributed by atoms with Gasteiger partial charge in [0.05, 0.1) is 15.8 Å². The van der Waals surface area contributed by atoms with Crippen molar-refractivity contribution in [3.8, 4) is 5.69 Å². The molecule has 1 aliphatic rings. The lowest BCUT2D eigenvalue weighted by Crippen LogP contribution is -2.27. The zero-order valence-electron chi connectivity index (χ0n) is 22.3. The summed E-state index contributed by atoms with van der Waals surface area (Å²) in [6.45, 7) is 6.65. The van der Waals surface area contributed by atoms with Crippen LogP contribution in [0, 0.1) is 12.1 Å². The quantitative estimate of drug-likeness (QED) is 0.195. The van der Waals surface area contributed by atoms with E-state index in [2.05, 4.69) is 127 Å². The molecule has 0 spiro atoms. The van der Waals surface area contributed by atoms with Crippen LogP contribution in [0.4, 0.5) is 0 Å². The fourth-order valence-corrected chi connectivity index (χ4v) is 7.71. The second-order valence-electron chi connectivity index (χ2n) is 10.0. The molecule has 0 saturated carbocycles. The zero-order valence-corrected chi connectivity index (χ0v) is 23.9. The van der Waals surface area contributed by atoms with Gasteiger partial charge in [-0.05, 0) is 89.2 Å². The van der Waals surface area contributed by atoms with Crippen LogP contribution in [0.2, 0.25) is 0 Å². The van der Waals surface area contributed by atoms with Crippen LogP contribution in [0.3, 0.4) is 0 Å². The van der Waals surface area contributed by atoms with Crippen molar-refractivity contribution in [1.82, 2.24) is 4.57 Å². The lowest BCUT2D eigenvalue weighted by Gasteiger charge is -2.16. The van der Waals surface area contributed by atoms with E-state index in [1.165, 1.54) is 47.5 Å². The molecular formula is C37H27NS2. The van der Waals surface area contributed by atoms with Crippen LogP contribution >= 0.6 is 23.1 Å². The number of allylic oxidation sites excluding steroid dienone is 3. The van der Waals surface area contributed by atoms with E-state index in [-0.39, 0.29) is 0 Å². The summed E-state index contributed by atoms with van der Waals surface area (Å²) < 4.78 is 3.73. The Morgan fingerprint density at radius 1 is 0.975 bits per heavy atom. The third-order valence-electron chi connectivity index (χ3n) is 7.49. The third-order valence-corrected chi connectivity index (χ3v) is 9.65. The first-order valence-corrected chi connectivity index (χ1v) is 15.2. The smallest absolute Gasteiger partial charge is 0.0621 e. The number of thioether (sulfide) groups is 1. The molecule has 1 aliphatic carbocycles. The number of aromatic nitrogens is 1. The molecule has 0 saturated heterocycles. The third kappa shape index (κ3) is 4.40. The standard InChI is InChI=1S/C37H27NS2/c1-25(39-29-14-4-3-5-15-29)22-23-34-26(2)30-16-6-8-20-35(30)38(34)28-13-10-12-27(24-28)31-18-11-19-33-32-17-7-9-21-36(32)40-37(31)33/h3-4,6-10,12-14,16-18,20-24H,2,11,19H2,1H3/b25-22-,34-23+. The molecule has 0 fully saturated rings. The van der Waals surface area contributed by atoms with Crippen molar-refractivity contribution in [3.63, 3.8) is 0 Å². The maximum Gasteiger partial charge on any atom is 0.0621 e. The van der Waals surface area contributed by atoms with Crippen LogP contribution in [0.15, 0.2) is 113 Å². The summed E-state index contributed by atoms with van der Waals surface area (Å²) in [6, 6.07) is 38.5. The van der Waals surface area contributed by atoms with E-state index in [4.69, 9.17) is 0 Å². The fraction of sp³-hybridized carbons (Fsp3) is 0.0811. The lowest BCUT2D eigenvalue weighted by molar-refractivity contribution is 0.997. The van der Waals surface area contributed by atoms with Gasteiger partial charge < -0.3 is 4.57 Å². The predicted molar refractivity (Wildman–Crippen MR) is 173 cm³/mol. The first-order chi connectivity index (χ1) is 19.7. The number of fused-ring (bicyclic) bond motifs is 4. The summed E-state index contributed by atoms with van der Waals surface area (Å²) in [6.07, 6.45) is 8.99. The lowest BCUT2D eigenvalue weighted by atomic mass is 9.91. The number of hydrogen-bond acceptors (Lipinski definition) is 2. The first kappa shape index (κ1) is 24.8. The molecule has 0 N–H and O–H groups in total. The summed E-state index contributed by atoms with van der Waals surface area (Å²) in [4.78, 5) is 3.66. The van der Waals surface area contributed by atoms with Crippen molar-refractivity contribution in [2.24, 2.45) is 0 Å². The van der Waals surface area contributed by atoms with Gasteiger partial charge >= 0.3 is 0 Å². The summed E-state index contributed by atoms with van der Waals surface area (Å²) in [5.41, 5.74) is 6.42. The number of rotatable bonds is 5. The maximum atomic E-state index is 4.51. The molecule has 2 aromatic heterocycles. The van der Waals surface area contributed by atoms with E-state index in [9.17, 15) is 0 Å². The number of benzene rings is 3. The number of aryl methyl sites for hydroxylation is 1. The van der Waals surface area contributed by atoms with E-state index in [0.29, 0.717) is 0 Å². The van der Waals surface area contributed by atoms with Gasteiger partial charge in [-0.2, -0.15) is 0 Å². The molecule has 0 radical (unpaired) electrons. The second-order valence-corrected chi connectivity index (χ2v) is 12.4. The highest BCUT2D eigenvalue weighted by Gasteiger charge is 2.20. The Morgan fingerprint density at radius 2 is 1.82 bits per heavy atom. The van der Waals surface area contributed by atoms with Gasteiger partial charge in [-0.15, -0.1) is 11.3 Å². The average Bonchev–Trinajstić information content (AvgIpc) is 3.52. The fourth-order valence-electron chi connectivity index (χ4n) is 5.66. The molecule has 7 rings (SSSR count). The van der Waals surface area contributed by atoms with E-state index in [1.54, 1.807) is 11.8 Å². The minimum absolute atomic E-state index is 1.04. The molecule has 0 bridgehead atoms. The van der Waals surface area contributed by atoms with Gasteiger partial charge in [-0.1, -0.05) is 97.2 Å². The Hall–Kier alpha value is -4.23. The largest absolute Gasteiger partial charge is 0.309 e. The number of nitrogens with zero attached hydrogens (tertiary/aromatic N) is 1. The summed E-state index contributed by atoms with van der Waals surface area (Å²) in [7, 11) is 0. The Morgan fingerprint density at radius 3 is 2.70 bits per heavy atom. The highest BCUT2D eigenvalue weighted by Crippen LogP contribution is 2.42. The van der Waals surface area contributed by atoms with E-state index in [0.717, 1.165) is 34.0 Å². The number of thiophene rings is 1. The maximum absolute atomic E-state index is 4.51. The van der Waals surface area contributed by atoms with E-state index in [1.807, 2.05) is 23.5 Å². The van der Waals surface area contributed by atoms with Gasteiger partial charge in [0.2, 0.25) is 0 Å². The Kier molecular flexibility index (Phi) is 6.44. The van der Waals surface area contributed by atoms with E-state index >= 15 is 0 Å². The number of hydrogen-bond donors (Lipinski definition) is 0. The minimum Gasteiger partial charge on any atom is -0.309 e. The van der Waals surface area contributed by atoms with Crippen molar-refractivity contribution >= 4 is 62.3 Å². The van der Waals surface area contributed by atoms with Crippen LogP contribution in [0.25, 0.3) is 44.9 Å². The topological polar surface area (TPSA) is 4.93 Å². The second kappa shape index (κ2) is 10.4. The van der Waals surface area contributed by atoms with Crippen molar-refractivity contribution in [2.45, 2.75) is 24.7 Å². The van der Waals surface area contributed by atoms with Gasteiger partial charge in [0, 0.05) is 25.9 Å². The van der Waals surface area contributed by atoms with Gasteiger partial charge in [-0.3, -0.25) is 0 Å². The molecule has 4 aromatic carbocycles. The molecule has 0 atom stereocenters. The molecule has 40 heavy (non-hydrogen) atoms. The normalized spacial score (nSPS) is 13.9. The van der Waals surface area contributed by atoms with Gasteiger partial charge in [-0.25, -0.2) is 0 Å². The van der Waals surface area contributed by atoms with Gasteiger partial charge in [0.25, 0.3) is 0 Å². The van der Waals surface area contributed by atoms with Gasteiger partial charge in [0.15, 0.2) is 0 Å². The molecule has 6 aromatic rings. The van der Waals surface area contributed by atoms with Crippen LogP contribution < -0.4 is 10.6 Å². The Labute approximate surface area is 243 Å². The molecule has 3 heteroatoms. The Bertz CT molecular complexity index is 2050. The first-order valence-electron chi connectivity index (χ1n) is 13.5. The van der Waals surface area contributed by atoms with Crippen molar-refractivity contribution in [3.05, 3.63) is 147 Å². The van der Waals surface area contributed by atoms with Crippen LogP contribution in [-0.2, 0) is 6.42 Å². The van der Waals surface area contributed by atoms with Crippen molar-refractivity contribution in [1.29, 1.82) is 0 Å². The van der Waals surface area contributed by atoms with Crippen LogP contribution in [0.5, 0.6) is 0 Å². The SMILES string of the molecule is C=c1/c(=C\C=C(\C)Sc2c#cccc2)n(-c2cccc(C3=CCCc4c3sc3ccccc43)c2)c2ccccc12. The molecule has 0 amide bonds. The summed E-state index contributed by atoms with van der Waals surface area (Å²) >= 11 is 3.62. The predicted octanol–water partition coefficient (Wildman–Crippen LogP) is 8.71. The van der Waals surface area contributed by atoms with Crippen LogP contribution in [-0.4, -0.2) is 4.57 Å². The molecular weight excluding hydrogens is 523 g/mol. The minimum atomic E-state index is 1.04. The van der Waals surface area contributed by atoms with E-state index < -0.39 is 0 Å². The Balaban J connectivity index is 1.36. The van der Waals surface area contributed by atoms with Crippen LogP contribution in [0.1, 0.15) is 29.3 Å². The molecule has 2 heterocycles. The zero-order chi connectivity index (χ0) is 27.1. The monoisotopic (exact) mass is 549 g/mol. The average molecular weight is 550 g/mol. The molecule has 0 unspecified atom stereocenters. The molecule has 192 valence electrons. The summed E-state index contributed by atoms with van der Waals surface area (Å²) in [5, 5.41) is 4.72. The number of para-hydroxylation sites is 1. The highest BCUT2D eigenvalue weighted by atomic mass is 32.2. The van der Waals surface area contributed by atoms with Gasteiger partial charge in [0.1, 0.15) is 0 Å². The van der Waals surface area contributed by atoms with Crippen molar-refractivity contribution in [2.75, 3.05) is 0 Å².